The number of methoxy groups -OCH3 is 2. The number of nitrogens with one attached hydrogen (secondary N) is 1. The van der Waals surface area contributed by atoms with Crippen molar-refractivity contribution < 1.29 is 24.2 Å². The van der Waals surface area contributed by atoms with E-state index >= 15 is 0 Å². The smallest absolute Gasteiger partial charge is 0.326 e. The van der Waals surface area contributed by atoms with Gasteiger partial charge in [0.2, 0.25) is 0 Å². The first-order valence-electron chi connectivity index (χ1n) is 6.78. The van der Waals surface area contributed by atoms with Crippen LogP contribution in [0.2, 0.25) is 0 Å². The van der Waals surface area contributed by atoms with E-state index in [1.807, 2.05) is 6.92 Å². The Labute approximate surface area is 119 Å². The van der Waals surface area contributed by atoms with Gasteiger partial charge in [-0.1, -0.05) is 20.3 Å². The summed E-state index contributed by atoms with van der Waals surface area (Å²) in [7, 11) is 3.13. The van der Waals surface area contributed by atoms with Gasteiger partial charge in [0.05, 0.1) is 13.1 Å². The number of hydrogen-bond donors (Lipinski definition) is 2. The summed E-state index contributed by atoms with van der Waals surface area (Å²) in [5.41, 5.74) is 0. The standard InChI is InChI=1S/C13H24N2O5/c1-5-8(2)11(12(16)17)14-13(18)15-6-9(19-3)10(7-15)20-4/h8-11H,5-7H2,1-4H3,(H,14,18)(H,16,17)/t8-,9?,10?,11-/m0/s1. The summed E-state index contributed by atoms with van der Waals surface area (Å²) in [5, 5.41) is 11.8. The summed E-state index contributed by atoms with van der Waals surface area (Å²) in [6, 6.07) is -1.27. The van der Waals surface area contributed by atoms with E-state index in [9.17, 15) is 14.7 Å². The predicted octanol–water partition coefficient (Wildman–Crippen LogP) is 0.541. The minimum Gasteiger partial charge on any atom is -0.480 e. The van der Waals surface area contributed by atoms with Crippen LogP contribution in [0, 0.1) is 5.92 Å². The third kappa shape index (κ3) is 3.83. The number of hydrogen-bond acceptors (Lipinski definition) is 4. The van der Waals surface area contributed by atoms with E-state index in [4.69, 9.17) is 9.47 Å². The molecule has 2 unspecified atom stereocenters. The Balaban J connectivity index is 2.64. The van der Waals surface area contributed by atoms with Crippen molar-refractivity contribution in [1.29, 1.82) is 0 Å². The lowest BCUT2D eigenvalue weighted by molar-refractivity contribution is -0.140. The number of rotatable bonds is 6. The molecular weight excluding hydrogens is 264 g/mol. The van der Waals surface area contributed by atoms with Crippen LogP contribution in [-0.4, -0.2) is 67.6 Å². The van der Waals surface area contributed by atoms with Crippen molar-refractivity contribution in [3.63, 3.8) is 0 Å². The van der Waals surface area contributed by atoms with Gasteiger partial charge in [-0.3, -0.25) is 0 Å². The maximum absolute atomic E-state index is 12.1. The number of carbonyl (C=O) groups is 2. The van der Waals surface area contributed by atoms with Gasteiger partial charge in [0.25, 0.3) is 0 Å². The molecule has 4 atom stereocenters. The molecule has 20 heavy (non-hydrogen) atoms. The second-order valence-electron chi connectivity index (χ2n) is 5.10. The van der Waals surface area contributed by atoms with Crippen molar-refractivity contribution in [3.05, 3.63) is 0 Å². The monoisotopic (exact) mass is 288 g/mol. The minimum absolute atomic E-state index is 0.129. The molecule has 1 saturated heterocycles. The number of carboxylic acids is 1. The normalized spacial score (nSPS) is 25.3. The molecule has 1 fully saturated rings. The Bertz CT molecular complexity index is 338. The number of aliphatic carboxylic acids is 1. The van der Waals surface area contributed by atoms with Gasteiger partial charge in [-0.25, -0.2) is 9.59 Å². The van der Waals surface area contributed by atoms with Crippen LogP contribution in [0.25, 0.3) is 0 Å². The second kappa shape index (κ2) is 7.44. The highest BCUT2D eigenvalue weighted by atomic mass is 16.5. The van der Waals surface area contributed by atoms with Crippen molar-refractivity contribution in [1.82, 2.24) is 10.2 Å². The second-order valence-corrected chi connectivity index (χ2v) is 5.10. The molecule has 0 radical (unpaired) electrons. The average Bonchev–Trinajstić information content (AvgIpc) is 2.86. The molecule has 0 spiro atoms. The number of carboxylic acid groups (broad SMARTS) is 1. The minimum atomic E-state index is -1.02. The van der Waals surface area contributed by atoms with Crippen LogP contribution in [0.15, 0.2) is 0 Å². The van der Waals surface area contributed by atoms with Gasteiger partial charge in [0.15, 0.2) is 0 Å². The largest absolute Gasteiger partial charge is 0.480 e. The van der Waals surface area contributed by atoms with Gasteiger partial charge in [-0.05, 0) is 5.92 Å². The van der Waals surface area contributed by atoms with E-state index in [0.29, 0.717) is 19.5 Å². The maximum Gasteiger partial charge on any atom is 0.326 e. The zero-order valence-electron chi connectivity index (χ0n) is 12.5. The lowest BCUT2D eigenvalue weighted by Gasteiger charge is -2.24. The molecule has 7 nitrogen and oxygen atoms in total. The zero-order valence-corrected chi connectivity index (χ0v) is 12.5. The SMILES string of the molecule is CC[C@H](C)[C@H](NC(=O)N1CC(OC)C(OC)C1)C(=O)O. The molecule has 0 bridgehead atoms. The molecule has 2 amide bonds. The highest BCUT2D eigenvalue weighted by Gasteiger charge is 2.37. The Morgan fingerprint density at radius 1 is 1.30 bits per heavy atom. The number of likely N-dealkylation sites (tertiary alicyclic amines) is 1. The Morgan fingerprint density at radius 3 is 2.15 bits per heavy atom. The fraction of sp³-hybridized carbons (Fsp3) is 0.846. The lowest BCUT2D eigenvalue weighted by Crippen LogP contribution is -2.50. The lowest BCUT2D eigenvalue weighted by atomic mass is 9.99. The van der Waals surface area contributed by atoms with E-state index < -0.39 is 12.0 Å². The summed E-state index contributed by atoms with van der Waals surface area (Å²) < 4.78 is 10.5. The fourth-order valence-electron chi connectivity index (χ4n) is 2.27. The fourth-order valence-corrected chi connectivity index (χ4v) is 2.27. The highest BCUT2D eigenvalue weighted by molar-refractivity contribution is 5.83. The van der Waals surface area contributed by atoms with Crippen LogP contribution in [0.3, 0.4) is 0 Å². The maximum atomic E-state index is 12.1. The van der Waals surface area contributed by atoms with Crippen molar-refractivity contribution in [2.45, 2.75) is 38.5 Å². The van der Waals surface area contributed by atoms with Crippen LogP contribution < -0.4 is 5.32 Å². The van der Waals surface area contributed by atoms with Crippen molar-refractivity contribution in [2.75, 3.05) is 27.3 Å². The molecule has 1 heterocycles. The summed E-state index contributed by atoms with van der Waals surface area (Å²) in [5.74, 6) is -1.14. The highest BCUT2D eigenvalue weighted by Crippen LogP contribution is 2.16. The van der Waals surface area contributed by atoms with Gasteiger partial charge in [0, 0.05) is 14.2 Å². The van der Waals surface area contributed by atoms with E-state index in [1.165, 1.54) is 4.90 Å². The Kier molecular flexibility index (Phi) is 6.22. The first kappa shape index (κ1) is 16.7. The number of ether oxygens (including phenoxy) is 2. The molecule has 0 aliphatic carbocycles. The summed E-state index contributed by atoms with van der Waals surface area (Å²) in [4.78, 5) is 24.9. The molecule has 7 heteroatoms. The number of nitrogens with zero attached hydrogens (tertiary/aromatic N) is 1. The van der Waals surface area contributed by atoms with Crippen molar-refractivity contribution in [3.8, 4) is 0 Å². The number of amides is 2. The first-order chi connectivity index (χ1) is 9.44. The Morgan fingerprint density at radius 2 is 1.80 bits per heavy atom. The Hall–Kier alpha value is -1.34. The molecule has 1 aliphatic heterocycles. The molecule has 1 aliphatic rings. The van der Waals surface area contributed by atoms with Crippen molar-refractivity contribution in [2.24, 2.45) is 5.92 Å². The molecule has 1 rings (SSSR count). The van der Waals surface area contributed by atoms with Crippen LogP contribution >= 0.6 is 0 Å². The third-order valence-electron chi connectivity index (χ3n) is 3.87. The molecule has 0 aromatic rings. The van der Waals surface area contributed by atoms with Gasteiger partial charge in [-0.2, -0.15) is 0 Å². The summed E-state index contributed by atoms with van der Waals surface area (Å²) in [6.07, 6.45) is 0.314. The third-order valence-corrected chi connectivity index (χ3v) is 3.87. The average molecular weight is 288 g/mol. The van der Waals surface area contributed by atoms with Crippen LogP contribution in [-0.2, 0) is 14.3 Å². The van der Waals surface area contributed by atoms with E-state index in [1.54, 1.807) is 21.1 Å². The van der Waals surface area contributed by atoms with Gasteiger partial charge >= 0.3 is 12.0 Å². The molecule has 116 valence electrons. The quantitative estimate of drug-likeness (QED) is 0.745. The van der Waals surface area contributed by atoms with Gasteiger partial charge < -0.3 is 24.8 Å². The van der Waals surface area contributed by atoms with Crippen LogP contribution in [0.5, 0.6) is 0 Å². The van der Waals surface area contributed by atoms with E-state index in [2.05, 4.69) is 5.32 Å². The zero-order chi connectivity index (χ0) is 15.3. The number of urea groups is 1. The molecule has 0 aromatic carbocycles. The predicted molar refractivity (Wildman–Crippen MR) is 72.6 cm³/mol. The molecule has 0 saturated carbocycles. The van der Waals surface area contributed by atoms with Crippen LogP contribution in [0.4, 0.5) is 4.79 Å². The molecular formula is C13H24N2O5. The van der Waals surface area contributed by atoms with Crippen LogP contribution in [0.1, 0.15) is 20.3 Å². The summed E-state index contributed by atoms with van der Waals surface area (Å²) in [6.45, 7) is 4.49. The molecule has 0 aromatic heterocycles. The van der Waals surface area contributed by atoms with Gasteiger partial charge in [-0.15, -0.1) is 0 Å². The molecule has 2 N–H and O–H groups in total. The number of carbonyl (C=O) groups excluding carboxylic acids is 1. The first-order valence-corrected chi connectivity index (χ1v) is 6.78. The van der Waals surface area contributed by atoms with E-state index in [-0.39, 0.29) is 24.2 Å². The summed E-state index contributed by atoms with van der Waals surface area (Å²) >= 11 is 0. The van der Waals surface area contributed by atoms with Gasteiger partial charge in [0.1, 0.15) is 18.2 Å². The van der Waals surface area contributed by atoms with Crippen molar-refractivity contribution >= 4 is 12.0 Å². The van der Waals surface area contributed by atoms with E-state index in [0.717, 1.165) is 0 Å². The topological polar surface area (TPSA) is 88.1 Å².